The van der Waals surface area contributed by atoms with E-state index in [1.165, 1.54) is 0 Å². The molecular weight excluding hydrogens is 386 g/mol. The Hall–Kier alpha value is -3.00. The first kappa shape index (κ1) is 21.7. The molecule has 0 radical (unpaired) electrons. The molecule has 0 bridgehead atoms. The molecule has 8 heteroatoms. The Bertz CT molecular complexity index is 852. The van der Waals surface area contributed by atoms with Crippen molar-refractivity contribution in [2.24, 2.45) is 0 Å². The summed E-state index contributed by atoms with van der Waals surface area (Å²) in [7, 11) is 3.19. The summed E-state index contributed by atoms with van der Waals surface area (Å²) >= 11 is 0. The molecule has 1 saturated heterocycles. The van der Waals surface area contributed by atoms with Gasteiger partial charge in [0, 0.05) is 5.56 Å². The highest BCUT2D eigenvalue weighted by atomic mass is 16.5. The van der Waals surface area contributed by atoms with E-state index in [1.807, 2.05) is 36.1 Å². The number of methoxy groups -OCH3 is 2. The van der Waals surface area contributed by atoms with Crippen molar-refractivity contribution < 1.29 is 23.5 Å². The second-order valence-corrected chi connectivity index (χ2v) is 7.32. The number of hydrogen-bond donors (Lipinski definition) is 2. The third kappa shape index (κ3) is 5.33. The van der Waals surface area contributed by atoms with E-state index in [0.717, 1.165) is 18.4 Å². The molecule has 2 heterocycles. The number of hydrogen-bond acceptors (Lipinski definition) is 6. The van der Waals surface area contributed by atoms with Crippen molar-refractivity contribution in [3.05, 3.63) is 47.9 Å². The lowest BCUT2D eigenvalue weighted by atomic mass is 10.1. The van der Waals surface area contributed by atoms with Crippen LogP contribution >= 0.6 is 0 Å². The first-order chi connectivity index (χ1) is 14.5. The highest BCUT2D eigenvalue weighted by Gasteiger charge is 2.32. The van der Waals surface area contributed by atoms with E-state index in [-0.39, 0.29) is 30.4 Å². The van der Waals surface area contributed by atoms with Crippen molar-refractivity contribution in [2.45, 2.75) is 38.4 Å². The zero-order chi connectivity index (χ0) is 21.5. The molecule has 0 aliphatic carbocycles. The van der Waals surface area contributed by atoms with Crippen molar-refractivity contribution in [1.29, 1.82) is 0 Å². The number of rotatable bonds is 9. The van der Waals surface area contributed by atoms with Gasteiger partial charge in [-0.05, 0) is 56.6 Å². The summed E-state index contributed by atoms with van der Waals surface area (Å²) in [6.45, 7) is 3.11. The third-order valence-electron chi connectivity index (χ3n) is 5.31. The van der Waals surface area contributed by atoms with Crippen molar-refractivity contribution in [2.75, 3.05) is 27.3 Å². The molecule has 1 aliphatic heterocycles. The molecule has 8 nitrogen and oxygen atoms in total. The summed E-state index contributed by atoms with van der Waals surface area (Å²) in [6.07, 6.45) is 3.19. The number of carbonyl (C=O) groups is 2. The second-order valence-electron chi connectivity index (χ2n) is 7.32. The van der Waals surface area contributed by atoms with Crippen LogP contribution in [0.15, 0.2) is 41.0 Å². The summed E-state index contributed by atoms with van der Waals surface area (Å²) in [6, 6.07) is 8.50. The number of nitrogens with one attached hydrogen (secondary N) is 2. The molecule has 2 N–H and O–H groups in total. The van der Waals surface area contributed by atoms with Crippen LogP contribution in [0, 0.1) is 0 Å². The van der Waals surface area contributed by atoms with E-state index in [1.54, 1.807) is 26.5 Å². The molecule has 2 amide bonds. The molecule has 1 aromatic heterocycles. The Balaban J connectivity index is 1.56. The van der Waals surface area contributed by atoms with Gasteiger partial charge >= 0.3 is 0 Å². The molecule has 1 aromatic carbocycles. The van der Waals surface area contributed by atoms with Gasteiger partial charge in [0.05, 0.1) is 45.7 Å². The molecule has 1 fully saturated rings. The minimum atomic E-state index is -0.313. The van der Waals surface area contributed by atoms with Gasteiger partial charge in [-0.3, -0.25) is 14.5 Å². The molecule has 0 saturated carbocycles. The van der Waals surface area contributed by atoms with Gasteiger partial charge in [-0.2, -0.15) is 0 Å². The molecule has 3 rings (SSSR count). The molecule has 1 aliphatic rings. The van der Waals surface area contributed by atoms with Crippen LogP contribution in [0.3, 0.4) is 0 Å². The average Bonchev–Trinajstić information content (AvgIpc) is 3.43. The van der Waals surface area contributed by atoms with Gasteiger partial charge in [-0.25, -0.2) is 0 Å². The fraction of sp³-hybridized carbons (Fsp3) is 0.455. The second kappa shape index (κ2) is 10.2. The highest BCUT2D eigenvalue weighted by molar-refractivity contribution is 5.84. The van der Waals surface area contributed by atoms with Gasteiger partial charge in [-0.1, -0.05) is 0 Å². The Labute approximate surface area is 176 Å². The Morgan fingerprint density at radius 1 is 1.27 bits per heavy atom. The number of amides is 2. The molecular formula is C22H29N3O5. The zero-order valence-corrected chi connectivity index (χ0v) is 17.6. The number of nitrogens with zero attached hydrogens (tertiary/aromatic N) is 1. The fourth-order valence-electron chi connectivity index (χ4n) is 3.74. The van der Waals surface area contributed by atoms with Gasteiger partial charge in [0.2, 0.25) is 11.8 Å². The summed E-state index contributed by atoms with van der Waals surface area (Å²) in [4.78, 5) is 27.2. The summed E-state index contributed by atoms with van der Waals surface area (Å²) < 4.78 is 15.9. The number of furan rings is 1. The fourth-order valence-corrected chi connectivity index (χ4v) is 3.74. The minimum absolute atomic E-state index is 0.0841. The SMILES string of the molecule is COc1ccc(OC)c(C(C)NC(=O)CN2CCCC2C(=O)NCc2ccco2)c1. The Morgan fingerprint density at radius 3 is 2.80 bits per heavy atom. The quantitative estimate of drug-likeness (QED) is 0.653. The number of ether oxygens (including phenoxy) is 2. The van der Waals surface area contributed by atoms with Crippen LogP contribution in [0.2, 0.25) is 0 Å². The van der Waals surface area contributed by atoms with Crippen molar-refractivity contribution >= 4 is 11.8 Å². The van der Waals surface area contributed by atoms with Crippen LogP contribution in [0.5, 0.6) is 11.5 Å². The minimum Gasteiger partial charge on any atom is -0.497 e. The maximum absolute atomic E-state index is 12.7. The highest BCUT2D eigenvalue weighted by Crippen LogP contribution is 2.29. The van der Waals surface area contributed by atoms with E-state index < -0.39 is 0 Å². The lowest BCUT2D eigenvalue weighted by Crippen LogP contribution is -2.47. The van der Waals surface area contributed by atoms with Gasteiger partial charge in [-0.15, -0.1) is 0 Å². The molecule has 2 aromatic rings. The van der Waals surface area contributed by atoms with E-state index in [4.69, 9.17) is 13.9 Å². The normalized spacial score (nSPS) is 17.4. The lowest BCUT2D eigenvalue weighted by Gasteiger charge is -2.24. The summed E-state index contributed by atoms with van der Waals surface area (Å²) in [5, 5.41) is 5.89. The van der Waals surface area contributed by atoms with Gasteiger partial charge in [0.1, 0.15) is 17.3 Å². The number of carbonyl (C=O) groups excluding carboxylic acids is 2. The standard InChI is InChI=1S/C22H29N3O5/c1-15(18-12-16(28-2)8-9-20(18)29-3)24-21(26)14-25-10-4-7-19(25)22(27)23-13-17-6-5-11-30-17/h5-6,8-9,11-12,15,19H,4,7,10,13-14H2,1-3H3,(H,23,27)(H,24,26). The number of benzene rings is 1. The first-order valence-electron chi connectivity index (χ1n) is 10.1. The largest absolute Gasteiger partial charge is 0.497 e. The summed E-state index contributed by atoms with van der Waals surface area (Å²) in [5.41, 5.74) is 0.833. The van der Waals surface area contributed by atoms with E-state index in [0.29, 0.717) is 30.3 Å². The molecule has 0 spiro atoms. The maximum Gasteiger partial charge on any atom is 0.237 e. The predicted molar refractivity (Wildman–Crippen MR) is 111 cm³/mol. The Kier molecular flexibility index (Phi) is 7.35. The van der Waals surface area contributed by atoms with Crippen molar-refractivity contribution in [3.63, 3.8) is 0 Å². The van der Waals surface area contributed by atoms with Gasteiger partial charge < -0.3 is 24.5 Å². The monoisotopic (exact) mass is 415 g/mol. The van der Waals surface area contributed by atoms with Crippen LogP contribution in [0.25, 0.3) is 0 Å². The topological polar surface area (TPSA) is 93.0 Å². The molecule has 2 atom stereocenters. The molecule has 162 valence electrons. The van der Waals surface area contributed by atoms with Crippen LogP contribution in [0.4, 0.5) is 0 Å². The Morgan fingerprint density at radius 2 is 2.10 bits per heavy atom. The lowest BCUT2D eigenvalue weighted by molar-refractivity contribution is -0.128. The van der Waals surface area contributed by atoms with Crippen molar-refractivity contribution in [1.82, 2.24) is 15.5 Å². The molecule has 2 unspecified atom stereocenters. The first-order valence-corrected chi connectivity index (χ1v) is 10.1. The van der Waals surface area contributed by atoms with E-state index in [9.17, 15) is 9.59 Å². The van der Waals surface area contributed by atoms with E-state index in [2.05, 4.69) is 10.6 Å². The van der Waals surface area contributed by atoms with Gasteiger partial charge in [0.25, 0.3) is 0 Å². The molecule has 30 heavy (non-hydrogen) atoms. The zero-order valence-electron chi connectivity index (χ0n) is 17.6. The van der Waals surface area contributed by atoms with Crippen LogP contribution in [-0.2, 0) is 16.1 Å². The van der Waals surface area contributed by atoms with Crippen molar-refractivity contribution in [3.8, 4) is 11.5 Å². The smallest absolute Gasteiger partial charge is 0.237 e. The maximum atomic E-state index is 12.7. The number of likely N-dealkylation sites (tertiary alicyclic amines) is 1. The average molecular weight is 415 g/mol. The predicted octanol–water partition coefficient (Wildman–Crippen LogP) is 2.25. The summed E-state index contributed by atoms with van der Waals surface area (Å²) in [5.74, 6) is 1.85. The van der Waals surface area contributed by atoms with Crippen LogP contribution < -0.4 is 20.1 Å². The van der Waals surface area contributed by atoms with Gasteiger partial charge in [0.15, 0.2) is 0 Å². The van der Waals surface area contributed by atoms with E-state index >= 15 is 0 Å². The van der Waals surface area contributed by atoms with Crippen LogP contribution in [0.1, 0.15) is 37.1 Å². The van der Waals surface area contributed by atoms with Crippen LogP contribution in [-0.4, -0.2) is 50.1 Å². The third-order valence-corrected chi connectivity index (χ3v) is 5.31.